The van der Waals surface area contributed by atoms with E-state index in [0.717, 1.165) is 12.0 Å². The van der Waals surface area contributed by atoms with Crippen LogP contribution in [0.5, 0.6) is 0 Å². The Morgan fingerprint density at radius 3 is 2.59 bits per heavy atom. The Hall–Kier alpha value is -3.63. The molecular formula is C23H20F4N6O. The van der Waals surface area contributed by atoms with Gasteiger partial charge in [0.1, 0.15) is 5.69 Å². The highest BCUT2D eigenvalue weighted by atomic mass is 19.4. The van der Waals surface area contributed by atoms with Crippen molar-refractivity contribution in [3.8, 4) is 11.4 Å². The number of carbonyl (C=O) groups is 1. The zero-order chi connectivity index (χ0) is 24.0. The quantitative estimate of drug-likeness (QED) is 0.572. The van der Waals surface area contributed by atoms with Gasteiger partial charge in [0.25, 0.3) is 5.91 Å². The first-order valence-corrected chi connectivity index (χ1v) is 10.8. The second-order valence-corrected chi connectivity index (χ2v) is 8.47. The summed E-state index contributed by atoms with van der Waals surface area (Å²) in [7, 11) is 0. The van der Waals surface area contributed by atoms with Crippen LogP contribution in [-0.4, -0.2) is 48.9 Å². The van der Waals surface area contributed by atoms with Crippen molar-refractivity contribution in [3.05, 3.63) is 65.6 Å². The SMILES string of the molecule is Cc1ccnc(C(=O)N2C3CCC2C(Nc2ncc(C(F)(F)F)cc2F)C3)c1-c1ncccn1. The molecule has 1 amide bonds. The molecule has 0 aromatic carbocycles. The van der Waals surface area contributed by atoms with Crippen LogP contribution in [0.4, 0.5) is 23.4 Å². The van der Waals surface area contributed by atoms with Crippen LogP contribution >= 0.6 is 0 Å². The lowest BCUT2D eigenvalue weighted by atomic mass is 9.95. The Labute approximate surface area is 192 Å². The van der Waals surface area contributed by atoms with Crippen molar-refractivity contribution >= 4 is 11.7 Å². The highest BCUT2D eigenvalue weighted by molar-refractivity contribution is 5.99. The van der Waals surface area contributed by atoms with Gasteiger partial charge in [0.15, 0.2) is 17.5 Å². The van der Waals surface area contributed by atoms with Crippen molar-refractivity contribution in [2.24, 2.45) is 0 Å². The molecule has 2 saturated heterocycles. The van der Waals surface area contributed by atoms with Gasteiger partial charge in [0.2, 0.25) is 0 Å². The number of fused-ring (bicyclic) bond motifs is 2. The van der Waals surface area contributed by atoms with Crippen LogP contribution in [0, 0.1) is 12.7 Å². The number of amides is 1. The fraction of sp³-hybridized carbons (Fsp3) is 0.348. The Bertz CT molecular complexity index is 1240. The summed E-state index contributed by atoms with van der Waals surface area (Å²) in [4.78, 5) is 31.9. The van der Waals surface area contributed by atoms with Gasteiger partial charge in [-0.05, 0) is 49.9 Å². The van der Waals surface area contributed by atoms with E-state index in [4.69, 9.17) is 0 Å². The van der Waals surface area contributed by atoms with Crippen LogP contribution in [0.25, 0.3) is 11.4 Å². The number of aromatic nitrogens is 4. The number of anilines is 1. The van der Waals surface area contributed by atoms with E-state index in [-0.39, 0.29) is 35.5 Å². The Balaban J connectivity index is 1.41. The Morgan fingerprint density at radius 1 is 1.12 bits per heavy atom. The van der Waals surface area contributed by atoms with E-state index < -0.39 is 17.6 Å². The summed E-state index contributed by atoms with van der Waals surface area (Å²) in [5.74, 6) is -1.22. The van der Waals surface area contributed by atoms with E-state index in [1.165, 1.54) is 0 Å². The number of pyridine rings is 2. The van der Waals surface area contributed by atoms with Crippen LogP contribution in [0.3, 0.4) is 0 Å². The molecule has 2 aliphatic rings. The van der Waals surface area contributed by atoms with Crippen molar-refractivity contribution in [2.75, 3.05) is 5.32 Å². The zero-order valence-corrected chi connectivity index (χ0v) is 18.1. The largest absolute Gasteiger partial charge is 0.417 e. The average Bonchev–Trinajstić information content (AvgIpc) is 3.37. The van der Waals surface area contributed by atoms with Crippen molar-refractivity contribution in [1.82, 2.24) is 24.8 Å². The van der Waals surface area contributed by atoms with Crippen molar-refractivity contribution < 1.29 is 22.4 Å². The fourth-order valence-corrected chi connectivity index (χ4v) is 4.89. The lowest BCUT2D eigenvalue weighted by molar-refractivity contribution is -0.138. The highest BCUT2D eigenvalue weighted by Crippen LogP contribution is 2.41. The van der Waals surface area contributed by atoms with Crippen LogP contribution in [0.2, 0.25) is 0 Å². The zero-order valence-electron chi connectivity index (χ0n) is 18.1. The predicted molar refractivity (Wildman–Crippen MR) is 114 cm³/mol. The normalized spacial score (nSPS) is 21.7. The van der Waals surface area contributed by atoms with Gasteiger partial charge in [-0.3, -0.25) is 9.78 Å². The Morgan fingerprint density at radius 2 is 1.88 bits per heavy atom. The topological polar surface area (TPSA) is 83.9 Å². The maximum absolute atomic E-state index is 14.4. The number of nitrogens with one attached hydrogen (secondary N) is 1. The summed E-state index contributed by atoms with van der Waals surface area (Å²) in [6, 6.07) is 3.18. The summed E-state index contributed by atoms with van der Waals surface area (Å²) in [5.41, 5.74) is 0.449. The van der Waals surface area contributed by atoms with Gasteiger partial charge in [-0.2, -0.15) is 13.2 Å². The molecule has 34 heavy (non-hydrogen) atoms. The van der Waals surface area contributed by atoms with E-state index in [1.807, 2.05) is 6.92 Å². The minimum Gasteiger partial charge on any atom is -0.363 e. The van der Waals surface area contributed by atoms with Gasteiger partial charge in [-0.25, -0.2) is 19.3 Å². The first kappa shape index (κ1) is 22.2. The van der Waals surface area contributed by atoms with Crippen molar-refractivity contribution in [2.45, 2.75) is 50.5 Å². The highest BCUT2D eigenvalue weighted by Gasteiger charge is 2.49. The fourth-order valence-electron chi connectivity index (χ4n) is 4.89. The number of rotatable bonds is 4. The standard InChI is InChI=1S/C23H20F4N6O/c1-12-5-8-28-19(18(12)21-29-6-2-7-30-21)22(34)33-14-3-4-17(33)16(10-14)32-20-15(24)9-13(11-31-20)23(25,26)27/h2,5-9,11,14,16-17H,3-4,10H2,1H3,(H,31,32). The maximum Gasteiger partial charge on any atom is 0.417 e. The molecule has 2 aliphatic heterocycles. The van der Waals surface area contributed by atoms with Gasteiger partial charge < -0.3 is 10.2 Å². The molecule has 0 spiro atoms. The molecule has 3 aromatic rings. The molecule has 3 atom stereocenters. The van der Waals surface area contributed by atoms with Crippen LogP contribution < -0.4 is 5.32 Å². The monoisotopic (exact) mass is 472 g/mol. The first-order valence-electron chi connectivity index (χ1n) is 10.8. The summed E-state index contributed by atoms with van der Waals surface area (Å²) in [6.45, 7) is 1.85. The van der Waals surface area contributed by atoms with Crippen LogP contribution in [-0.2, 0) is 6.18 Å². The van der Waals surface area contributed by atoms with E-state index >= 15 is 0 Å². The first-order chi connectivity index (χ1) is 16.2. The summed E-state index contributed by atoms with van der Waals surface area (Å²) < 4.78 is 52.8. The van der Waals surface area contributed by atoms with E-state index in [1.54, 1.807) is 35.6 Å². The van der Waals surface area contributed by atoms with E-state index in [9.17, 15) is 22.4 Å². The lowest BCUT2D eigenvalue weighted by Crippen LogP contribution is -2.40. The molecule has 2 bridgehead atoms. The molecule has 176 valence electrons. The third kappa shape index (κ3) is 3.84. The summed E-state index contributed by atoms with van der Waals surface area (Å²) >= 11 is 0. The third-order valence-electron chi connectivity index (χ3n) is 6.41. The molecule has 0 radical (unpaired) electrons. The molecule has 5 rings (SSSR count). The molecule has 2 fully saturated rings. The Kier molecular flexibility index (Phi) is 5.41. The smallest absolute Gasteiger partial charge is 0.363 e. The molecular weight excluding hydrogens is 452 g/mol. The third-order valence-corrected chi connectivity index (χ3v) is 6.41. The number of nitrogens with zero attached hydrogens (tertiary/aromatic N) is 5. The van der Waals surface area contributed by atoms with Crippen molar-refractivity contribution in [3.63, 3.8) is 0 Å². The van der Waals surface area contributed by atoms with E-state index in [0.29, 0.717) is 36.5 Å². The second kappa shape index (κ2) is 8.30. The van der Waals surface area contributed by atoms with Gasteiger partial charge in [-0.1, -0.05) is 0 Å². The molecule has 7 nitrogen and oxygen atoms in total. The molecule has 0 saturated carbocycles. The molecule has 3 aromatic heterocycles. The maximum atomic E-state index is 14.4. The van der Waals surface area contributed by atoms with Crippen molar-refractivity contribution in [1.29, 1.82) is 0 Å². The van der Waals surface area contributed by atoms with Gasteiger partial charge in [0.05, 0.1) is 23.2 Å². The van der Waals surface area contributed by atoms with Gasteiger partial charge in [-0.15, -0.1) is 0 Å². The average molecular weight is 472 g/mol. The number of aryl methyl sites for hydroxylation is 1. The minimum atomic E-state index is -4.68. The lowest BCUT2D eigenvalue weighted by Gasteiger charge is -2.26. The summed E-state index contributed by atoms with van der Waals surface area (Å²) in [6.07, 6.45) is 2.65. The molecule has 3 unspecified atom stereocenters. The van der Waals surface area contributed by atoms with Gasteiger partial charge >= 0.3 is 6.18 Å². The minimum absolute atomic E-state index is 0.0978. The molecule has 5 heterocycles. The second-order valence-electron chi connectivity index (χ2n) is 8.47. The van der Waals surface area contributed by atoms with Crippen LogP contribution in [0.1, 0.15) is 40.9 Å². The number of alkyl halides is 3. The molecule has 0 aliphatic carbocycles. The number of hydrogen-bond acceptors (Lipinski definition) is 6. The summed E-state index contributed by atoms with van der Waals surface area (Å²) in [5, 5.41) is 2.92. The predicted octanol–water partition coefficient (Wildman–Crippen LogP) is 4.26. The number of carbonyl (C=O) groups excluding carboxylic acids is 1. The van der Waals surface area contributed by atoms with Gasteiger partial charge in [0, 0.05) is 30.8 Å². The number of halogens is 4. The van der Waals surface area contributed by atoms with E-state index in [2.05, 4.69) is 25.3 Å². The molecule has 11 heteroatoms. The molecule has 1 N–H and O–H groups in total. The van der Waals surface area contributed by atoms with Crippen LogP contribution in [0.15, 0.2) is 43.0 Å². The number of hydrogen-bond donors (Lipinski definition) is 1.